The Bertz CT molecular complexity index is 11300. The molecule has 0 saturated heterocycles. The third kappa shape index (κ3) is 10.1. The number of rotatable bonds is 5. The highest BCUT2D eigenvalue weighted by Gasteiger charge is 2.32. The molecule has 14 nitrogen and oxygen atoms in total. The average molecular weight is 1770 g/mol. The van der Waals surface area contributed by atoms with Crippen LogP contribution in [0.2, 0.25) is 0 Å². The minimum atomic E-state index is 0.361. The molecule has 0 atom stereocenters. The molecule has 20 aromatic carbocycles. The van der Waals surface area contributed by atoms with Crippen molar-refractivity contribution < 1.29 is 0 Å². The van der Waals surface area contributed by atoms with Crippen LogP contribution in [0.4, 0.5) is 11.5 Å². The second-order valence-electron chi connectivity index (χ2n) is 36.6. The third-order valence-electron chi connectivity index (χ3n) is 29.7. The van der Waals surface area contributed by atoms with E-state index in [1.165, 1.54) is 195 Å². The van der Waals surface area contributed by atoms with Crippen molar-refractivity contribution in [3.8, 4) is 34.5 Å². The van der Waals surface area contributed by atoms with Crippen LogP contribution in [-0.2, 0) is 0 Å². The molecule has 33 aromatic rings. The molecule has 13 aromatic heterocycles. The van der Waals surface area contributed by atoms with E-state index in [9.17, 15) is 0 Å². The Kier molecular flexibility index (Phi) is 15.2. The molecule has 0 saturated carbocycles. The van der Waals surface area contributed by atoms with E-state index in [2.05, 4.69) is 381 Å². The van der Waals surface area contributed by atoms with Gasteiger partial charge in [0.15, 0.2) is 5.69 Å². The fourth-order valence-electron chi connectivity index (χ4n) is 24.2. The van der Waals surface area contributed by atoms with Crippen molar-refractivity contribution in [1.29, 1.82) is 0 Å². The summed E-state index contributed by atoms with van der Waals surface area (Å²) in [6.07, 6.45) is 1.88. The van der Waals surface area contributed by atoms with Gasteiger partial charge in [0, 0.05) is 136 Å². The minimum absolute atomic E-state index is 0.361. The molecule has 0 spiro atoms. The van der Waals surface area contributed by atoms with E-state index in [1.54, 1.807) is 0 Å². The minimum Gasteiger partial charge on any atom is -0.360 e. The number of aromatic nitrogens is 12. The van der Waals surface area contributed by atoms with Crippen LogP contribution in [-0.4, -0.2) is 56.4 Å². The Morgan fingerprint density at radius 1 is 0.209 bits per heavy atom. The summed E-state index contributed by atoms with van der Waals surface area (Å²) in [4.78, 5) is 32.7. The van der Waals surface area contributed by atoms with Gasteiger partial charge in [-0.15, -0.1) is 0 Å². The first-order valence-corrected chi connectivity index (χ1v) is 46.9. The lowest BCUT2D eigenvalue weighted by atomic mass is 9.98. The molecule has 0 radical (unpaired) electrons. The Morgan fingerprint density at radius 3 is 0.978 bits per heavy atom. The van der Waals surface area contributed by atoms with E-state index in [0.717, 1.165) is 83.1 Å². The van der Waals surface area contributed by atoms with Gasteiger partial charge in [0.2, 0.25) is 5.95 Å². The SMILES string of the molecule is [C-]#[N+]c1ccc(-c2nc(-n3c4ccccc4c4c5c6c7ccccc7ccc6n6c7ccccc7c(cc43)c56)nc3ccccc23)cc1.[C-]#[N+]c1nc(-n2c3ccccc3c3c4c5c6ccccc6ccc5n5c6ccccc6c(cc32)c45)nc2ccccc12.c1ccc2c(c1)ccc1c2c2c3c4ccccc4n(-c4ccc(-n5c6ccccc6c6cccnc65)cc4)c3cc3c4ccccc4n1c32. The van der Waals surface area contributed by atoms with Crippen molar-refractivity contribution in [2.45, 2.75) is 0 Å². The molecule has 139 heavy (non-hydrogen) atoms. The fourth-order valence-corrected chi connectivity index (χ4v) is 24.2. The maximum Gasteiger partial charge on any atom is 0.332 e. The van der Waals surface area contributed by atoms with Crippen LogP contribution in [0.25, 0.3) is 300 Å². The normalized spacial score (nSPS) is 12.3. The predicted octanol–water partition coefficient (Wildman–Crippen LogP) is 32.4. The molecule has 0 fully saturated rings. The maximum atomic E-state index is 7.90. The monoisotopic (exact) mass is 1760 g/mol. The van der Waals surface area contributed by atoms with Crippen molar-refractivity contribution in [3.63, 3.8) is 0 Å². The standard InChI is InChI=1S/C45H26N4.C43H23N5.C37H19N5/c1-2-11-30-27(10-1)19-24-39-41(30)43-42-34-14-5-8-18-38(34)47(40(42)26-35-32-13-4-7-17-37(32)49(39)44(35)43)28-20-22-29(23-21-28)48-36-16-6-3-12-31(36)33-15-9-25-46-45(33)48;1-44-27-21-18-26(19-22-27)41-30-13-4-7-15-33(30)45-43(46-41)48-35-17-9-6-14-31(35)39-37(48)24-32-29-12-5-8-16-34(29)47-36-23-20-25-10-2-3-11-28(25)38(36)40(39)42(32)47;1-38-36-24-13-4-7-15-27(24)39-37(40-36)42-29-17-9-6-14-25(29)33-31(42)20-26-23-12-5-8-16-28(23)41-30-19-18-21-10-2-3-11-22(21)32(30)34(33)35(26)41/h1-26H;2-24H;2-20H. The van der Waals surface area contributed by atoms with Gasteiger partial charge in [-0.1, -0.05) is 291 Å². The molecule has 0 aliphatic heterocycles. The molecule has 0 aliphatic rings. The quantitative estimate of drug-likeness (QED) is 0.160. The van der Waals surface area contributed by atoms with Crippen LogP contribution in [0.1, 0.15) is 0 Å². The number of benzene rings is 20. The van der Waals surface area contributed by atoms with Gasteiger partial charge in [-0.25, -0.2) is 19.8 Å². The number of para-hydroxylation sites is 9. The molecule has 0 aliphatic carbocycles. The molecule has 0 unspecified atom stereocenters. The van der Waals surface area contributed by atoms with Crippen molar-refractivity contribution >= 4 is 267 Å². The second kappa shape index (κ2) is 28.1. The van der Waals surface area contributed by atoms with Gasteiger partial charge in [0.1, 0.15) is 5.65 Å². The molecule has 14 heteroatoms. The summed E-state index contributed by atoms with van der Waals surface area (Å²) in [5, 5.41) is 34.0. The number of nitrogens with zero attached hydrogens (tertiary/aromatic N) is 14. The van der Waals surface area contributed by atoms with E-state index in [-0.39, 0.29) is 0 Å². The Hall–Kier alpha value is -19.4. The van der Waals surface area contributed by atoms with Crippen molar-refractivity contribution in [3.05, 3.63) is 435 Å². The number of hydrogen-bond donors (Lipinski definition) is 0. The van der Waals surface area contributed by atoms with Crippen LogP contribution in [0.3, 0.4) is 0 Å². The molecular formula is C125H68N14. The van der Waals surface area contributed by atoms with E-state index in [0.29, 0.717) is 23.4 Å². The maximum absolute atomic E-state index is 7.90. The average Bonchev–Trinajstić information content (AvgIpc) is 1.52. The smallest absolute Gasteiger partial charge is 0.332 e. The molecule has 638 valence electrons. The Labute approximate surface area is 788 Å². The number of fused-ring (bicyclic) bond motifs is 41. The van der Waals surface area contributed by atoms with Crippen molar-refractivity contribution in [2.75, 3.05) is 0 Å². The van der Waals surface area contributed by atoms with Crippen LogP contribution >= 0.6 is 0 Å². The first-order chi connectivity index (χ1) is 68.9. The first-order valence-electron chi connectivity index (χ1n) is 46.9. The molecule has 0 amide bonds. The summed E-state index contributed by atoms with van der Waals surface area (Å²) in [7, 11) is 0. The van der Waals surface area contributed by atoms with Crippen LogP contribution < -0.4 is 0 Å². The zero-order chi connectivity index (χ0) is 90.8. The van der Waals surface area contributed by atoms with Gasteiger partial charge < -0.3 is 22.6 Å². The van der Waals surface area contributed by atoms with Crippen LogP contribution in [0, 0.1) is 13.1 Å². The lowest BCUT2D eigenvalue weighted by Crippen LogP contribution is -2.03. The van der Waals surface area contributed by atoms with Gasteiger partial charge in [0.05, 0.1) is 112 Å². The predicted molar refractivity (Wildman–Crippen MR) is 575 cm³/mol. The lowest BCUT2D eigenvalue weighted by molar-refractivity contribution is 1.01. The van der Waals surface area contributed by atoms with Gasteiger partial charge in [-0.05, 0) is 165 Å². The Morgan fingerprint density at radius 2 is 0.540 bits per heavy atom. The summed E-state index contributed by atoms with van der Waals surface area (Å²) in [5.41, 5.74) is 26.1. The van der Waals surface area contributed by atoms with Gasteiger partial charge in [0.25, 0.3) is 5.82 Å². The highest BCUT2D eigenvalue weighted by Crippen LogP contribution is 2.54. The zero-order valence-corrected chi connectivity index (χ0v) is 74.0. The summed E-state index contributed by atoms with van der Waals surface area (Å²) in [5.74, 6) is 1.49. The summed E-state index contributed by atoms with van der Waals surface area (Å²) < 4.78 is 16.5. The van der Waals surface area contributed by atoms with Gasteiger partial charge in [-0.2, -0.15) is 4.98 Å². The topological polar surface area (TPSA) is 106 Å². The summed E-state index contributed by atoms with van der Waals surface area (Å²) in [6.45, 7) is 15.4. The molecular weight excluding hydrogens is 1700 g/mol. The summed E-state index contributed by atoms with van der Waals surface area (Å²) >= 11 is 0. The van der Waals surface area contributed by atoms with E-state index in [4.69, 9.17) is 38.1 Å². The molecule has 0 bridgehead atoms. The second-order valence-corrected chi connectivity index (χ2v) is 36.6. The van der Waals surface area contributed by atoms with Gasteiger partial charge >= 0.3 is 5.95 Å². The van der Waals surface area contributed by atoms with E-state index < -0.39 is 0 Å². The lowest BCUT2D eigenvalue weighted by Gasteiger charge is -2.12. The largest absolute Gasteiger partial charge is 0.360 e. The number of pyridine rings is 1. The fraction of sp³-hybridized carbons (Fsp3) is 0. The highest BCUT2D eigenvalue weighted by atomic mass is 15.2. The third-order valence-corrected chi connectivity index (χ3v) is 29.7. The molecule has 33 rings (SSSR count). The van der Waals surface area contributed by atoms with E-state index in [1.807, 2.05) is 72.9 Å². The first kappa shape index (κ1) is 75.2. The molecule has 13 heterocycles. The van der Waals surface area contributed by atoms with Crippen molar-refractivity contribution in [1.82, 2.24) is 56.4 Å². The van der Waals surface area contributed by atoms with Crippen LogP contribution in [0.15, 0.2) is 413 Å². The van der Waals surface area contributed by atoms with Gasteiger partial charge in [-0.3, -0.25) is 13.7 Å². The highest BCUT2D eigenvalue weighted by molar-refractivity contribution is 6.43. The van der Waals surface area contributed by atoms with Crippen molar-refractivity contribution in [2.24, 2.45) is 0 Å². The number of hydrogen-bond acceptors (Lipinski definition) is 5. The summed E-state index contributed by atoms with van der Waals surface area (Å²) in [6, 6.07) is 145. The van der Waals surface area contributed by atoms with Crippen LogP contribution in [0.5, 0.6) is 0 Å². The van der Waals surface area contributed by atoms with E-state index >= 15 is 0 Å². The Balaban J connectivity index is 0.0000000966. The zero-order valence-electron chi connectivity index (χ0n) is 74.0. The molecule has 0 N–H and O–H groups in total.